The molecule has 0 saturated heterocycles. The average molecular weight is 283 g/mol. The van der Waals surface area contributed by atoms with E-state index in [9.17, 15) is 0 Å². The van der Waals surface area contributed by atoms with Gasteiger partial charge in [-0.1, -0.05) is 48.9 Å². The molecule has 2 aromatic heterocycles. The van der Waals surface area contributed by atoms with Crippen LogP contribution in [0.4, 0.5) is 0 Å². The Bertz CT molecular complexity index is 1070. The number of nitrogens with zero attached hydrogens (tertiary/aromatic N) is 1. The summed E-state index contributed by atoms with van der Waals surface area (Å²) in [5.41, 5.74) is 5.99. The van der Waals surface area contributed by atoms with Crippen molar-refractivity contribution < 1.29 is 0 Å². The molecule has 1 aliphatic carbocycles. The van der Waals surface area contributed by atoms with Gasteiger partial charge < -0.3 is 4.40 Å². The Kier molecular flexibility index (Phi) is 1.92. The normalized spacial score (nSPS) is 22.9. The van der Waals surface area contributed by atoms with Gasteiger partial charge >= 0.3 is 0 Å². The zero-order valence-electron chi connectivity index (χ0n) is 12.4. The minimum atomic E-state index is 0.724. The van der Waals surface area contributed by atoms with Gasteiger partial charge in [0.15, 0.2) is 0 Å². The highest BCUT2D eigenvalue weighted by Gasteiger charge is 2.36. The molecule has 4 aromatic rings. The molecular weight excluding hydrogens is 266 g/mol. The molecule has 22 heavy (non-hydrogen) atoms. The summed E-state index contributed by atoms with van der Waals surface area (Å²) < 4.78 is 2.57. The smallest absolute Gasteiger partial charge is 0.0572 e. The van der Waals surface area contributed by atoms with Gasteiger partial charge in [-0.25, -0.2) is 0 Å². The van der Waals surface area contributed by atoms with Gasteiger partial charge in [0.05, 0.1) is 11.0 Å². The minimum absolute atomic E-state index is 0.724. The van der Waals surface area contributed by atoms with E-state index in [1.807, 2.05) is 0 Å². The Labute approximate surface area is 129 Å². The Morgan fingerprint density at radius 3 is 2.50 bits per heavy atom. The van der Waals surface area contributed by atoms with Crippen LogP contribution < -0.4 is 0 Å². The fraction of sp³-hybridized carbons (Fsp3) is 0.238. The Morgan fingerprint density at radius 1 is 0.727 bits per heavy atom. The van der Waals surface area contributed by atoms with Crippen LogP contribution in [0.1, 0.15) is 42.4 Å². The summed E-state index contributed by atoms with van der Waals surface area (Å²) in [5, 5.41) is 4.20. The van der Waals surface area contributed by atoms with Gasteiger partial charge in [-0.05, 0) is 41.8 Å². The predicted octanol–water partition coefficient (Wildman–Crippen LogP) is 5.61. The summed E-state index contributed by atoms with van der Waals surface area (Å²) in [4.78, 5) is 0. The average Bonchev–Trinajstić information content (AvgIpc) is 3.21. The van der Waals surface area contributed by atoms with Gasteiger partial charge in [-0.15, -0.1) is 0 Å². The fourth-order valence-corrected chi connectivity index (χ4v) is 5.16. The number of hydrogen-bond donors (Lipinski definition) is 0. The lowest BCUT2D eigenvalue weighted by Crippen LogP contribution is -2.15. The van der Waals surface area contributed by atoms with Crippen LogP contribution >= 0.6 is 0 Å². The van der Waals surface area contributed by atoms with Crippen molar-refractivity contribution >= 4 is 27.2 Å². The van der Waals surface area contributed by atoms with Crippen molar-refractivity contribution in [3.63, 3.8) is 0 Å². The van der Waals surface area contributed by atoms with Crippen molar-refractivity contribution in [2.45, 2.75) is 31.1 Å². The summed E-state index contributed by atoms with van der Waals surface area (Å²) >= 11 is 0. The van der Waals surface area contributed by atoms with Crippen LogP contribution in [0, 0.1) is 0 Å². The number of hydrogen-bond acceptors (Lipinski definition) is 0. The molecule has 3 heterocycles. The molecule has 0 N–H and O–H groups in total. The number of aromatic nitrogens is 1. The molecule has 2 unspecified atom stereocenters. The second-order valence-corrected chi connectivity index (χ2v) is 6.91. The van der Waals surface area contributed by atoms with E-state index in [0.29, 0.717) is 0 Å². The highest BCUT2D eigenvalue weighted by molar-refractivity contribution is 6.13. The fourth-order valence-electron chi connectivity index (χ4n) is 5.16. The van der Waals surface area contributed by atoms with Crippen LogP contribution in [-0.4, -0.2) is 4.40 Å². The molecule has 106 valence electrons. The molecule has 2 aromatic carbocycles. The summed E-state index contributed by atoms with van der Waals surface area (Å²) in [5.74, 6) is 1.46. The molecule has 1 fully saturated rings. The SMILES string of the molecule is c1ccc2c(c1)c1cccc3c1n1c(ccc21)C1CCCC31. The molecule has 0 spiro atoms. The predicted molar refractivity (Wildman–Crippen MR) is 91.7 cm³/mol. The minimum Gasteiger partial charge on any atom is -0.312 e. The van der Waals surface area contributed by atoms with Crippen LogP contribution in [0.3, 0.4) is 0 Å². The largest absolute Gasteiger partial charge is 0.312 e. The first-order valence-corrected chi connectivity index (χ1v) is 8.38. The topological polar surface area (TPSA) is 4.41 Å². The molecule has 2 aliphatic rings. The van der Waals surface area contributed by atoms with Gasteiger partial charge in [-0.2, -0.15) is 0 Å². The van der Waals surface area contributed by atoms with E-state index in [0.717, 1.165) is 11.8 Å². The molecule has 1 nitrogen and oxygen atoms in total. The van der Waals surface area contributed by atoms with Crippen molar-refractivity contribution in [2.24, 2.45) is 0 Å². The monoisotopic (exact) mass is 283 g/mol. The highest BCUT2D eigenvalue weighted by atomic mass is 14.9. The number of benzene rings is 2. The van der Waals surface area contributed by atoms with E-state index in [4.69, 9.17) is 0 Å². The van der Waals surface area contributed by atoms with Crippen LogP contribution in [-0.2, 0) is 0 Å². The molecule has 0 amide bonds. The van der Waals surface area contributed by atoms with Gasteiger partial charge in [0.1, 0.15) is 0 Å². The quantitative estimate of drug-likeness (QED) is 0.369. The second-order valence-electron chi connectivity index (χ2n) is 6.91. The van der Waals surface area contributed by atoms with Gasteiger partial charge in [0, 0.05) is 22.4 Å². The standard InChI is InChI=1S/C21H17N/c1-2-6-15-13(5-1)17-9-4-10-18-14-7-3-8-16(14)20-12-11-19(15)22(20)21(17)18/h1-2,4-6,9-12,14,16H,3,7-8H2. The third-order valence-corrected chi connectivity index (χ3v) is 5.99. The van der Waals surface area contributed by atoms with Crippen molar-refractivity contribution in [2.75, 3.05) is 0 Å². The van der Waals surface area contributed by atoms with Gasteiger partial charge in [0.25, 0.3) is 0 Å². The third-order valence-electron chi connectivity index (χ3n) is 5.99. The first kappa shape index (κ1) is 11.3. The lowest BCUT2D eigenvalue weighted by atomic mass is 9.82. The van der Waals surface area contributed by atoms with Crippen molar-refractivity contribution in [1.82, 2.24) is 4.40 Å². The number of fused-ring (bicyclic) bond motifs is 6. The van der Waals surface area contributed by atoms with Crippen molar-refractivity contribution in [1.29, 1.82) is 0 Å². The third kappa shape index (κ3) is 1.15. The molecule has 0 bridgehead atoms. The van der Waals surface area contributed by atoms with Gasteiger partial charge in [-0.3, -0.25) is 0 Å². The van der Waals surface area contributed by atoms with Crippen LogP contribution in [0.25, 0.3) is 27.2 Å². The molecule has 0 radical (unpaired) electrons. The molecular formula is C21H17N. The molecule has 6 rings (SSSR count). The van der Waals surface area contributed by atoms with Crippen LogP contribution in [0.15, 0.2) is 54.6 Å². The summed E-state index contributed by atoms with van der Waals surface area (Å²) in [7, 11) is 0. The number of pyridine rings is 1. The maximum absolute atomic E-state index is 2.57. The van der Waals surface area contributed by atoms with Crippen molar-refractivity contribution in [3.8, 4) is 0 Å². The van der Waals surface area contributed by atoms with E-state index >= 15 is 0 Å². The zero-order chi connectivity index (χ0) is 14.3. The van der Waals surface area contributed by atoms with Crippen LogP contribution in [0.2, 0.25) is 0 Å². The van der Waals surface area contributed by atoms with Crippen LogP contribution in [0.5, 0.6) is 0 Å². The lowest BCUT2D eigenvalue weighted by molar-refractivity contribution is 0.593. The maximum Gasteiger partial charge on any atom is 0.0572 e. The Balaban J connectivity index is 1.98. The van der Waals surface area contributed by atoms with E-state index in [2.05, 4.69) is 59.0 Å². The summed E-state index contributed by atoms with van der Waals surface area (Å²) in [6.45, 7) is 0. The lowest BCUT2D eigenvalue weighted by Gasteiger charge is -2.29. The zero-order valence-corrected chi connectivity index (χ0v) is 12.4. The number of rotatable bonds is 0. The van der Waals surface area contributed by atoms with E-state index in [1.54, 1.807) is 11.3 Å². The molecule has 2 atom stereocenters. The first-order chi connectivity index (χ1) is 10.9. The molecule has 1 heteroatoms. The molecule has 1 saturated carbocycles. The Hall–Kier alpha value is -2.28. The van der Waals surface area contributed by atoms with E-state index in [1.165, 1.54) is 46.5 Å². The summed E-state index contributed by atoms with van der Waals surface area (Å²) in [6.07, 6.45) is 4.06. The van der Waals surface area contributed by atoms with E-state index in [-0.39, 0.29) is 0 Å². The molecule has 1 aliphatic heterocycles. The number of para-hydroxylation sites is 1. The Morgan fingerprint density at radius 2 is 1.55 bits per heavy atom. The summed E-state index contributed by atoms with van der Waals surface area (Å²) in [6, 6.07) is 20.6. The second kappa shape index (κ2) is 3.73. The highest BCUT2D eigenvalue weighted by Crippen LogP contribution is 2.52. The van der Waals surface area contributed by atoms with E-state index < -0.39 is 0 Å². The maximum atomic E-state index is 2.57. The van der Waals surface area contributed by atoms with Gasteiger partial charge in [0.2, 0.25) is 0 Å². The first-order valence-electron chi connectivity index (χ1n) is 8.38. The van der Waals surface area contributed by atoms with Crippen molar-refractivity contribution in [3.05, 3.63) is 65.9 Å².